The number of benzene rings is 1. The second kappa shape index (κ2) is 11.2. The Bertz CT molecular complexity index is 891. The molecule has 0 spiro atoms. The van der Waals surface area contributed by atoms with E-state index in [9.17, 15) is 9.59 Å². The van der Waals surface area contributed by atoms with Gasteiger partial charge in [0.05, 0.1) is 31.0 Å². The van der Waals surface area contributed by atoms with Crippen molar-refractivity contribution >= 4 is 33.9 Å². The summed E-state index contributed by atoms with van der Waals surface area (Å²) in [7, 11) is 0. The van der Waals surface area contributed by atoms with Crippen molar-refractivity contribution < 1.29 is 19.1 Å². The van der Waals surface area contributed by atoms with E-state index in [0.29, 0.717) is 30.3 Å². The average Bonchev–Trinajstić information content (AvgIpc) is 3.18. The Kier molecular flexibility index (Phi) is 8.31. The van der Waals surface area contributed by atoms with Gasteiger partial charge in [0.1, 0.15) is 10.8 Å². The molecule has 1 aromatic heterocycles. The number of carbonyl (C=O) groups is 2. The summed E-state index contributed by atoms with van der Waals surface area (Å²) < 4.78 is 10.9. The molecule has 1 amide bonds. The molecule has 7 nitrogen and oxygen atoms in total. The lowest BCUT2D eigenvalue weighted by Crippen LogP contribution is -2.48. The summed E-state index contributed by atoms with van der Waals surface area (Å²) in [5.41, 5.74) is 1.53. The van der Waals surface area contributed by atoms with Crippen molar-refractivity contribution in [1.82, 2.24) is 4.90 Å². The Labute approximate surface area is 187 Å². The molecule has 1 aliphatic rings. The molecule has 1 aromatic carbocycles. The van der Waals surface area contributed by atoms with Crippen LogP contribution in [0, 0.1) is 0 Å². The lowest BCUT2D eigenvalue weighted by atomic mass is 10.2. The number of piperazine rings is 1. The molecule has 0 radical (unpaired) electrons. The highest BCUT2D eigenvalue weighted by atomic mass is 32.1. The maximum Gasteiger partial charge on any atom is 0.341 e. The third kappa shape index (κ3) is 5.98. The second-order valence-corrected chi connectivity index (χ2v) is 8.38. The first-order valence-corrected chi connectivity index (χ1v) is 11.7. The number of rotatable bonds is 9. The van der Waals surface area contributed by atoms with Crippen LogP contribution in [0.25, 0.3) is 0 Å². The van der Waals surface area contributed by atoms with Gasteiger partial charge in [-0.05, 0) is 38.5 Å². The Balaban J connectivity index is 1.56. The number of thiophene rings is 1. The first-order valence-electron chi connectivity index (χ1n) is 10.8. The zero-order chi connectivity index (χ0) is 22.2. The van der Waals surface area contributed by atoms with Crippen LogP contribution in [-0.4, -0.2) is 62.7 Å². The predicted octanol–water partition coefficient (Wildman–Crippen LogP) is 3.65. The fraction of sp³-hybridized carbons (Fsp3) is 0.478. The third-order valence-electron chi connectivity index (χ3n) is 5.13. The Morgan fingerprint density at radius 2 is 1.81 bits per heavy atom. The monoisotopic (exact) mass is 445 g/mol. The van der Waals surface area contributed by atoms with Crippen LogP contribution in [0.15, 0.2) is 30.3 Å². The fourth-order valence-corrected chi connectivity index (χ4v) is 4.58. The average molecular weight is 446 g/mol. The molecule has 0 aliphatic carbocycles. The summed E-state index contributed by atoms with van der Waals surface area (Å²) >= 11 is 1.43. The molecule has 2 heterocycles. The number of carbonyl (C=O) groups excluding carboxylic acids is 2. The standard InChI is InChI=1S/C23H31N3O4S/c1-4-17-15-18(23(28)30-6-3)22(31-17)24-21(27)16-25-11-13-26(14-12-25)19-9-7-8-10-20(19)29-5-2/h7-10,15H,4-6,11-14,16H2,1-3H3,(H,24,27). The maximum absolute atomic E-state index is 12.7. The van der Waals surface area contributed by atoms with Crippen molar-refractivity contribution in [3.8, 4) is 5.75 Å². The highest BCUT2D eigenvalue weighted by Crippen LogP contribution is 2.30. The van der Waals surface area contributed by atoms with Gasteiger partial charge in [0.15, 0.2) is 0 Å². The largest absolute Gasteiger partial charge is 0.492 e. The van der Waals surface area contributed by atoms with E-state index in [0.717, 1.165) is 48.9 Å². The van der Waals surface area contributed by atoms with E-state index in [1.807, 2.05) is 38.1 Å². The highest BCUT2D eigenvalue weighted by molar-refractivity contribution is 7.16. The molecule has 1 N–H and O–H groups in total. The topological polar surface area (TPSA) is 71.1 Å². The molecule has 168 valence electrons. The molecule has 0 unspecified atom stereocenters. The molecule has 8 heteroatoms. The van der Waals surface area contributed by atoms with Gasteiger partial charge in [-0.3, -0.25) is 9.69 Å². The van der Waals surface area contributed by atoms with Crippen molar-refractivity contribution in [2.75, 3.05) is 56.2 Å². The van der Waals surface area contributed by atoms with Crippen LogP contribution >= 0.6 is 11.3 Å². The Hall–Kier alpha value is -2.58. The summed E-state index contributed by atoms with van der Waals surface area (Å²) in [5.74, 6) is 0.389. The molecular formula is C23H31N3O4S. The molecule has 0 saturated carbocycles. The highest BCUT2D eigenvalue weighted by Gasteiger charge is 2.23. The lowest BCUT2D eigenvalue weighted by molar-refractivity contribution is -0.117. The van der Waals surface area contributed by atoms with E-state index in [1.54, 1.807) is 6.92 Å². The van der Waals surface area contributed by atoms with E-state index >= 15 is 0 Å². The number of esters is 1. The Morgan fingerprint density at radius 3 is 2.48 bits per heavy atom. The van der Waals surface area contributed by atoms with Gasteiger partial charge in [0.25, 0.3) is 0 Å². The summed E-state index contributed by atoms with van der Waals surface area (Å²) in [6, 6.07) is 9.88. The number of amides is 1. The third-order valence-corrected chi connectivity index (χ3v) is 6.32. The second-order valence-electron chi connectivity index (χ2n) is 7.24. The summed E-state index contributed by atoms with van der Waals surface area (Å²) in [6.45, 7) is 10.2. The van der Waals surface area contributed by atoms with E-state index in [2.05, 4.69) is 21.2 Å². The number of ether oxygens (including phenoxy) is 2. The van der Waals surface area contributed by atoms with Crippen molar-refractivity contribution in [1.29, 1.82) is 0 Å². The SMILES string of the molecule is CCOC(=O)c1cc(CC)sc1NC(=O)CN1CCN(c2ccccc2OCC)CC1. The number of nitrogens with zero attached hydrogens (tertiary/aromatic N) is 2. The van der Waals surface area contributed by atoms with Gasteiger partial charge in [-0.1, -0.05) is 19.1 Å². The number of hydrogen-bond acceptors (Lipinski definition) is 7. The van der Waals surface area contributed by atoms with E-state index in [-0.39, 0.29) is 5.91 Å². The first-order chi connectivity index (χ1) is 15.0. The van der Waals surface area contributed by atoms with Gasteiger partial charge in [-0.2, -0.15) is 0 Å². The Morgan fingerprint density at radius 1 is 1.06 bits per heavy atom. The smallest absolute Gasteiger partial charge is 0.341 e. The first kappa shape index (κ1) is 23.1. The van der Waals surface area contributed by atoms with Crippen LogP contribution in [0.3, 0.4) is 0 Å². The quantitative estimate of drug-likeness (QED) is 0.594. The van der Waals surface area contributed by atoms with Crippen molar-refractivity contribution in [2.45, 2.75) is 27.2 Å². The number of para-hydroxylation sites is 2. The van der Waals surface area contributed by atoms with Gasteiger partial charge in [0.2, 0.25) is 5.91 Å². The van der Waals surface area contributed by atoms with Crippen LogP contribution in [0.1, 0.15) is 36.0 Å². The van der Waals surface area contributed by atoms with Crippen LogP contribution in [0.4, 0.5) is 10.7 Å². The zero-order valence-corrected chi connectivity index (χ0v) is 19.3. The van der Waals surface area contributed by atoms with Crippen LogP contribution in [0.2, 0.25) is 0 Å². The van der Waals surface area contributed by atoms with Crippen molar-refractivity contribution in [3.05, 3.63) is 40.8 Å². The van der Waals surface area contributed by atoms with Crippen molar-refractivity contribution in [3.63, 3.8) is 0 Å². The molecule has 0 bridgehead atoms. The molecule has 3 rings (SSSR count). The molecule has 1 aliphatic heterocycles. The van der Waals surface area contributed by atoms with Gasteiger partial charge in [-0.15, -0.1) is 11.3 Å². The van der Waals surface area contributed by atoms with Gasteiger partial charge < -0.3 is 19.7 Å². The molecule has 2 aromatic rings. The van der Waals surface area contributed by atoms with Crippen LogP contribution < -0.4 is 15.0 Å². The fourth-order valence-electron chi connectivity index (χ4n) is 3.58. The summed E-state index contributed by atoms with van der Waals surface area (Å²) in [5, 5.41) is 3.50. The van der Waals surface area contributed by atoms with Crippen molar-refractivity contribution in [2.24, 2.45) is 0 Å². The van der Waals surface area contributed by atoms with E-state index in [1.165, 1.54) is 11.3 Å². The number of nitrogens with one attached hydrogen (secondary N) is 1. The lowest BCUT2D eigenvalue weighted by Gasteiger charge is -2.36. The predicted molar refractivity (Wildman–Crippen MR) is 125 cm³/mol. The molecule has 1 fully saturated rings. The van der Waals surface area contributed by atoms with E-state index in [4.69, 9.17) is 9.47 Å². The minimum Gasteiger partial charge on any atom is -0.492 e. The summed E-state index contributed by atoms with van der Waals surface area (Å²) in [4.78, 5) is 30.4. The molecule has 1 saturated heterocycles. The van der Waals surface area contributed by atoms with Crippen LogP contribution in [-0.2, 0) is 16.0 Å². The number of aryl methyl sites for hydroxylation is 1. The normalized spacial score (nSPS) is 14.4. The van der Waals surface area contributed by atoms with Gasteiger partial charge >= 0.3 is 5.97 Å². The minimum atomic E-state index is -0.393. The van der Waals surface area contributed by atoms with Gasteiger partial charge in [0, 0.05) is 31.1 Å². The number of hydrogen-bond donors (Lipinski definition) is 1. The summed E-state index contributed by atoms with van der Waals surface area (Å²) in [6.07, 6.45) is 0.804. The maximum atomic E-state index is 12.7. The molecule has 0 atom stereocenters. The molecule has 31 heavy (non-hydrogen) atoms. The van der Waals surface area contributed by atoms with Crippen LogP contribution in [0.5, 0.6) is 5.75 Å². The zero-order valence-electron chi connectivity index (χ0n) is 18.5. The number of anilines is 2. The van der Waals surface area contributed by atoms with Gasteiger partial charge in [-0.25, -0.2) is 4.79 Å². The minimum absolute atomic E-state index is 0.113. The molecular weight excluding hydrogens is 414 g/mol. The van der Waals surface area contributed by atoms with E-state index < -0.39 is 5.97 Å².